The molecular weight excluding hydrogens is 230 g/mol. The minimum absolute atomic E-state index is 0.193. The maximum absolute atomic E-state index is 11.7. The Bertz CT molecular complexity index is 492. The normalized spacial score (nSPS) is 10.3. The van der Waals surface area contributed by atoms with Crippen molar-refractivity contribution >= 4 is 5.91 Å². The summed E-state index contributed by atoms with van der Waals surface area (Å²) < 4.78 is 0. The molecule has 2 rings (SSSR count). The molecular formula is C12H15N5O. The van der Waals surface area contributed by atoms with Gasteiger partial charge in [-0.25, -0.2) is 9.97 Å². The number of amides is 1. The van der Waals surface area contributed by atoms with Gasteiger partial charge in [-0.1, -0.05) is 0 Å². The molecule has 2 aromatic heterocycles. The number of aromatic nitrogens is 4. The summed E-state index contributed by atoms with van der Waals surface area (Å²) in [6, 6.07) is 0. The van der Waals surface area contributed by atoms with Crippen LogP contribution in [0, 0.1) is 6.92 Å². The van der Waals surface area contributed by atoms with E-state index in [1.54, 1.807) is 18.6 Å². The minimum atomic E-state index is -0.193. The molecule has 1 amide bonds. The van der Waals surface area contributed by atoms with Gasteiger partial charge in [0.2, 0.25) is 0 Å². The van der Waals surface area contributed by atoms with Gasteiger partial charge in [0.25, 0.3) is 5.91 Å². The van der Waals surface area contributed by atoms with Gasteiger partial charge in [0.15, 0.2) is 0 Å². The van der Waals surface area contributed by atoms with E-state index in [1.165, 1.54) is 6.20 Å². The van der Waals surface area contributed by atoms with Crippen molar-refractivity contribution in [2.45, 2.75) is 19.8 Å². The highest BCUT2D eigenvalue weighted by atomic mass is 16.1. The minimum Gasteiger partial charge on any atom is -0.351 e. The molecule has 0 spiro atoms. The highest BCUT2D eigenvalue weighted by Gasteiger charge is 2.06. The van der Waals surface area contributed by atoms with E-state index in [-0.39, 0.29) is 5.91 Å². The average Bonchev–Trinajstić information content (AvgIpc) is 2.88. The van der Waals surface area contributed by atoms with Crippen LogP contribution in [0.4, 0.5) is 0 Å². The number of nitrogens with zero attached hydrogens (tertiary/aromatic N) is 3. The number of carbonyl (C=O) groups excluding carboxylic acids is 1. The fourth-order valence-corrected chi connectivity index (χ4v) is 1.49. The molecule has 18 heavy (non-hydrogen) atoms. The number of nitrogens with one attached hydrogen (secondary N) is 2. The second-order valence-corrected chi connectivity index (χ2v) is 3.94. The summed E-state index contributed by atoms with van der Waals surface area (Å²) in [6.07, 6.45) is 8.21. The van der Waals surface area contributed by atoms with Crippen LogP contribution in [0.15, 0.2) is 24.8 Å². The first-order valence-electron chi connectivity index (χ1n) is 5.81. The Morgan fingerprint density at radius 3 is 2.89 bits per heavy atom. The summed E-state index contributed by atoms with van der Waals surface area (Å²) >= 11 is 0. The lowest BCUT2D eigenvalue weighted by molar-refractivity contribution is 0.0947. The fourth-order valence-electron chi connectivity index (χ4n) is 1.49. The van der Waals surface area contributed by atoms with Gasteiger partial charge >= 0.3 is 0 Å². The smallest absolute Gasteiger partial charge is 0.271 e. The highest BCUT2D eigenvalue weighted by molar-refractivity contribution is 5.91. The van der Waals surface area contributed by atoms with E-state index in [0.717, 1.165) is 24.4 Å². The molecule has 0 aliphatic carbocycles. The number of hydrogen-bond donors (Lipinski definition) is 2. The summed E-state index contributed by atoms with van der Waals surface area (Å²) in [5.41, 5.74) is 1.14. The molecule has 0 aliphatic rings. The number of imidazole rings is 1. The zero-order valence-electron chi connectivity index (χ0n) is 10.2. The first kappa shape index (κ1) is 12.2. The van der Waals surface area contributed by atoms with E-state index >= 15 is 0 Å². The van der Waals surface area contributed by atoms with Gasteiger partial charge in [0.1, 0.15) is 11.5 Å². The summed E-state index contributed by atoms with van der Waals surface area (Å²) in [7, 11) is 0. The van der Waals surface area contributed by atoms with Crippen LogP contribution in [0.5, 0.6) is 0 Å². The molecule has 6 nitrogen and oxygen atoms in total. The SMILES string of the molecule is Cc1cnc(C(=O)NCCCc2ncc[nH]2)cn1. The Morgan fingerprint density at radius 1 is 1.33 bits per heavy atom. The van der Waals surface area contributed by atoms with Crippen LogP contribution < -0.4 is 5.32 Å². The molecule has 0 radical (unpaired) electrons. The summed E-state index contributed by atoms with van der Waals surface area (Å²) in [5, 5.41) is 2.80. The molecule has 0 aliphatic heterocycles. The molecule has 2 N–H and O–H groups in total. The van der Waals surface area contributed by atoms with Crippen LogP contribution >= 0.6 is 0 Å². The van der Waals surface area contributed by atoms with Gasteiger partial charge in [0.05, 0.1) is 11.9 Å². The zero-order chi connectivity index (χ0) is 12.8. The first-order valence-corrected chi connectivity index (χ1v) is 5.81. The van der Waals surface area contributed by atoms with Gasteiger partial charge in [-0.15, -0.1) is 0 Å². The predicted octanol–water partition coefficient (Wildman–Crippen LogP) is 0.871. The second kappa shape index (κ2) is 5.90. The monoisotopic (exact) mass is 245 g/mol. The van der Waals surface area contributed by atoms with Gasteiger partial charge in [0, 0.05) is 31.6 Å². The van der Waals surface area contributed by atoms with E-state index in [2.05, 4.69) is 25.3 Å². The number of aryl methyl sites for hydroxylation is 2. The molecule has 0 fully saturated rings. The molecule has 0 bridgehead atoms. The van der Waals surface area contributed by atoms with E-state index in [1.807, 2.05) is 6.92 Å². The molecule has 2 heterocycles. The lowest BCUT2D eigenvalue weighted by atomic mass is 10.3. The van der Waals surface area contributed by atoms with Crippen LogP contribution in [0.25, 0.3) is 0 Å². The van der Waals surface area contributed by atoms with Crippen LogP contribution in [-0.2, 0) is 6.42 Å². The van der Waals surface area contributed by atoms with Crippen molar-refractivity contribution in [1.29, 1.82) is 0 Å². The van der Waals surface area contributed by atoms with Crippen molar-refractivity contribution in [3.63, 3.8) is 0 Å². The van der Waals surface area contributed by atoms with Crippen LogP contribution in [0.1, 0.15) is 28.4 Å². The van der Waals surface area contributed by atoms with Crippen LogP contribution in [0.2, 0.25) is 0 Å². The third-order valence-corrected chi connectivity index (χ3v) is 2.44. The van der Waals surface area contributed by atoms with Crippen LogP contribution in [-0.4, -0.2) is 32.4 Å². The average molecular weight is 245 g/mol. The van der Waals surface area contributed by atoms with Crippen LogP contribution in [0.3, 0.4) is 0 Å². The van der Waals surface area contributed by atoms with Crippen molar-refractivity contribution in [3.05, 3.63) is 42.0 Å². The molecule has 0 saturated heterocycles. The van der Waals surface area contributed by atoms with E-state index in [0.29, 0.717) is 12.2 Å². The molecule has 0 unspecified atom stereocenters. The van der Waals surface area contributed by atoms with Gasteiger partial charge in [-0.05, 0) is 13.3 Å². The van der Waals surface area contributed by atoms with E-state index in [9.17, 15) is 4.79 Å². The topological polar surface area (TPSA) is 83.6 Å². The second-order valence-electron chi connectivity index (χ2n) is 3.94. The van der Waals surface area contributed by atoms with Gasteiger partial charge < -0.3 is 10.3 Å². The largest absolute Gasteiger partial charge is 0.351 e. The first-order chi connectivity index (χ1) is 8.75. The number of aromatic amines is 1. The van der Waals surface area contributed by atoms with Gasteiger partial charge in [-0.2, -0.15) is 0 Å². The predicted molar refractivity (Wildman–Crippen MR) is 66.0 cm³/mol. The highest BCUT2D eigenvalue weighted by Crippen LogP contribution is 1.96. The Labute approximate surface area is 105 Å². The maximum Gasteiger partial charge on any atom is 0.271 e. The summed E-state index contributed by atoms with van der Waals surface area (Å²) in [6.45, 7) is 2.42. The molecule has 94 valence electrons. The zero-order valence-corrected chi connectivity index (χ0v) is 10.2. The van der Waals surface area contributed by atoms with Crippen molar-refractivity contribution in [2.75, 3.05) is 6.54 Å². The number of carbonyl (C=O) groups is 1. The summed E-state index contributed by atoms with van der Waals surface area (Å²) in [4.78, 5) is 26.9. The van der Waals surface area contributed by atoms with Crippen molar-refractivity contribution < 1.29 is 4.79 Å². The standard InChI is InChI=1S/C12H15N5O/c1-9-7-17-10(8-16-9)12(18)15-4-2-3-11-13-5-6-14-11/h5-8H,2-4H2,1H3,(H,13,14)(H,15,18). The maximum atomic E-state index is 11.7. The fraction of sp³-hybridized carbons (Fsp3) is 0.333. The summed E-state index contributed by atoms with van der Waals surface area (Å²) in [5.74, 6) is 0.737. The Kier molecular flexibility index (Phi) is 4.01. The van der Waals surface area contributed by atoms with Crippen molar-refractivity contribution in [3.8, 4) is 0 Å². The lowest BCUT2D eigenvalue weighted by Crippen LogP contribution is -2.25. The third-order valence-electron chi connectivity index (χ3n) is 2.44. The molecule has 0 aromatic carbocycles. The number of H-pyrrole nitrogens is 1. The molecule has 0 saturated carbocycles. The third kappa shape index (κ3) is 3.38. The molecule has 0 atom stereocenters. The lowest BCUT2D eigenvalue weighted by Gasteiger charge is -2.03. The van der Waals surface area contributed by atoms with Crippen molar-refractivity contribution in [2.24, 2.45) is 0 Å². The van der Waals surface area contributed by atoms with E-state index < -0.39 is 0 Å². The van der Waals surface area contributed by atoms with Gasteiger partial charge in [-0.3, -0.25) is 9.78 Å². The quantitative estimate of drug-likeness (QED) is 0.766. The molecule has 2 aromatic rings. The van der Waals surface area contributed by atoms with E-state index in [4.69, 9.17) is 0 Å². The molecule has 6 heteroatoms. The van der Waals surface area contributed by atoms with Crippen molar-refractivity contribution in [1.82, 2.24) is 25.3 Å². The number of rotatable bonds is 5. The Morgan fingerprint density at radius 2 is 2.22 bits per heavy atom. The Balaban J connectivity index is 1.73. The Hall–Kier alpha value is -2.24. The number of hydrogen-bond acceptors (Lipinski definition) is 4.